The molecule has 3 aromatic rings. The fraction of sp³-hybridized carbons (Fsp3) is 0.250. The van der Waals surface area contributed by atoms with Crippen molar-refractivity contribution in [3.63, 3.8) is 0 Å². The number of nitrogen functional groups attached to an aromatic ring is 1. The highest BCUT2D eigenvalue weighted by Crippen LogP contribution is 2.31. The fourth-order valence-electron chi connectivity index (χ4n) is 4.36. The van der Waals surface area contributed by atoms with E-state index in [1.165, 1.54) is 7.11 Å². The number of carbonyl (C=O) groups excluding carboxylic acids is 2. The van der Waals surface area contributed by atoms with Gasteiger partial charge in [-0.2, -0.15) is 0 Å². The Bertz CT molecular complexity index is 1230. The zero-order chi connectivity index (χ0) is 25.7. The highest BCUT2D eigenvalue weighted by atomic mass is 79.9. The van der Waals surface area contributed by atoms with Gasteiger partial charge in [-0.3, -0.25) is 15.0 Å². The highest BCUT2D eigenvalue weighted by Gasteiger charge is 2.40. The van der Waals surface area contributed by atoms with Gasteiger partial charge >= 0.3 is 5.97 Å². The molecule has 0 bridgehead atoms. The second-order valence-corrected chi connectivity index (χ2v) is 9.70. The Labute approximate surface area is 218 Å². The maximum absolute atomic E-state index is 13.1. The first-order valence-electron chi connectivity index (χ1n) is 11.6. The largest absolute Gasteiger partial charge is 0.491 e. The topological polar surface area (TPSA) is 106 Å². The number of nitrogens with two attached hydrogens (primary N) is 1. The second-order valence-electron chi connectivity index (χ2n) is 8.79. The van der Waals surface area contributed by atoms with Crippen molar-refractivity contribution in [1.82, 2.24) is 4.90 Å². The molecule has 1 aliphatic heterocycles. The number of amides is 1. The van der Waals surface area contributed by atoms with Gasteiger partial charge in [0.1, 0.15) is 18.2 Å². The fourth-order valence-corrected chi connectivity index (χ4v) is 4.62. The standard InChI is InChI=1S/C28H28BrN3O4/c1-35-26(33)15-22-14-24(32(28(22)34)16-18-2-10-23(29)11-3-18)17-36-25-12-8-20(9-13-25)19-4-6-21(7-5-19)27(30)31/h2-13,22,24H,14-17H2,1H3,(H3,30,31)/t22-,24-/m0/s1. The van der Waals surface area contributed by atoms with E-state index in [1.54, 1.807) is 0 Å². The van der Waals surface area contributed by atoms with E-state index in [0.29, 0.717) is 30.9 Å². The molecule has 1 heterocycles. The molecule has 1 saturated heterocycles. The van der Waals surface area contributed by atoms with Crippen molar-refractivity contribution in [3.05, 3.63) is 88.4 Å². The third-order valence-electron chi connectivity index (χ3n) is 6.36. The minimum absolute atomic E-state index is 0.0405. The predicted octanol–water partition coefficient (Wildman–Crippen LogP) is 4.76. The summed E-state index contributed by atoms with van der Waals surface area (Å²) in [5.74, 6) is -0.112. The minimum atomic E-state index is -0.415. The Hall–Kier alpha value is -3.65. The lowest BCUT2D eigenvalue weighted by Gasteiger charge is -2.25. The Morgan fingerprint density at radius 2 is 1.64 bits per heavy atom. The number of hydrogen-bond donors (Lipinski definition) is 2. The molecule has 0 aromatic heterocycles. The predicted molar refractivity (Wildman–Crippen MR) is 142 cm³/mol. The molecule has 0 spiro atoms. The molecule has 4 rings (SSSR count). The number of esters is 1. The van der Waals surface area contributed by atoms with E-state index in [9.17, 15) is 9.59 Å². The SMILES string of the molecule is COC(=O)C[C@@H]1C[C@@H](COc2ccc(-c3ccc(C(=N)N)cc3)cc2)N(Cc2ccc(Br)cc2)C1=O. The number of nitrogens with zero attached hydrogens (tertiary/aromatic N) is 1. The molecular weight excluding hydrogens is 522 g/mol. The van der Waals surface area contributed by atoms with Gasteiger partial charge in [0.25, 0.3) is 0 Å². The van der Waals surface area contributed by atoms with Crippen LogP contribution in [0.5, 0.6) is 5.75 Å². The molecule has 0 aliphatic carbocycles. The smallest absolute Gasteiger partial charge is 0.306 e. The van der Waals surface area contributed by atoms with Gasteiger partial charge in [-0.25, -0.2) is 0 Å². The van der Waals surface area contributed by atoms with E-state index in [0.717, 1.165) is 21.2 Å². The van der Waals surface area contributed by atoms with Crippen LogP contribution in [0.3, 0.4) is 0 Å². The zero-order valence-corrected chi connectivity index (χ0v) is 21.5. The number of hydrogen-bond acceptors (Lipinski definition) is 5. The van der Waals surface area contributed by atoms with Gasteiger partial charge in [0.2, 0.25) is 5.91 Å². The van der Waals surface area contributed by atoms with Crippen LogP contribution < -0.4 is 10.5 Å². The van der Waals surface area contributed by atoms with Crippen LogP contribution in [0.2, 0.25) is 0 Å². The molecule has 0 unspecified atom stereocenters. The molecule has 0 radical (unpaired) electrons. The lowest BCUT2D eigenvalue weighted by Crippen LogP contribution is -2.37. The third kappa shape index (κ3) is 6.12. The molecule has 1 fully saturated rings. The Morgan fingerprint density at radius 1 is 1.03 bits per heavy atom. The van der Waals surface area contributed by atoms with Crippen LogP contribution >= 0.6 is 15.9 Å². The van der Waals surface area contributed by atoms with E-state index >= 15 is 0 Å². The number of amidine groups is 1. The first kappa shape index (κ1) is 25.4. The first-order chi connectivity index (χ1) is 17.3. The minimum Gasteiger partial charge on any atom is -0.491 e. The third-order valence-corrected chi connectivity index (χ3v) is 6.89. The molecule has 36 heavy (non-hydrogen) atoms. The molecule has 1 amide bonds. The summed E-state index contributed by atoms with van der Waals surface area (Å²) in [6.45, 7) is 0.777. The van der Waals surface area contributed by atoms with E-state index in [2.05, 4.69) is 15.9 Å². The number of benzene rings is 3. The Kier molecular flexibility index (Phi) is 8.05. The van der Waals surface area contributed by atoms with Crippen molar-refractivity contribution in [2.24, 2.45) is 11.7 Å². The van der Waals surface area contributed by atoms with Gasteiger partial charge in [0.15, 0.2) is 0 Å². The van der Waals surface area contributed by atoms with Crippen molar-refractivity contribution in [2.45, 2.75) is 25.4 Å². The van der Waals surface area contributed by atoms with Gasteiger partial charge in [0, 0.05) is 16.6 Å². The maximum Gasteiger partial charge on any atom is 0.306 e. The monoisotopic (exact) mass is 549 g/mol. The number of likely N-dealkylation sites (tertiary alicyclic amines) is 1. The van der Waals surface area contributed by atoms with Gasteiger partial charge in [-0.05, 0) is 47.4 Å². The maximum atomic E-state index is 13.1. The van der Waals surface area contributed by atoms with Crippen molar-refractivity contribution in [2.75, 3.05) is 13.7 Å². The van der Waals surface area contributed by atoms with Crippen LogP contribution in [-0.2, 0) is 20.9 Å². The van der Waals surface area contributed by atoms with E-state index < -0.39 is 5.92 Å². The molecule has 3 aromatic carbocycles. The second kappa shape index (κ2) is 11.4. The van der Waals surface area contributed by atoms with Crippen molar-refractivity contribution in [3.8, 4) is 16.9 Å². The molecule has 1 aliphatic rings. The highest BCUT2D eigenvalue weighted by molar-refractivity contribution is 9.10. The number of methoxy groups -OCH3 is 1. The molecule has 8 heteroatoms. The van der Waals surface area contributed by atoms with Crippen molar-refractivity contribution in [1.29, 1.82) is 5.41 Å². The Balaban J connectivity index is 1.44. The summed E-state index contributed by atoms with van der Waals surface area (Å²) in [4.78, 5) is 26.8. The van der Waals surface area contributed by atoms with Gasteiger partial charge in [0.05, 0.1) is 25.5 Å². The quantitative estimate of drug-likeness (QED) is 0.227. The average Bonchev–Trinajstić information content (AvgIpc) is 3.18. The lowest BCUT2D eigenvalue weighted by atomic mass is 10.0. The number of halogens is 1. The molecular formula is C28H28BrN3O4. The number of nitrogens with one attached hydrogen (secondary N) is 1. The van der Waals surface area contributed by atoms with E-state index in [1.807, 2.05) is 77.7 Å². The number of rotatable bonds is 9. The summed E-state index contributed by atoms with van der Waals surface area (Å²) >= 11 is 3.44. The zero-order valence-electron chi connectivity index (χ0n) is 19.9. The first-order valence-corrected chi connectivity index (χ1v) is 12.4. The summed E-state index contributed by atoms with van der Waals surface area (Å²) in [5, 5.41) is 7.52. The van der Waals surface area contributed by atoms with E-state index in [4.69, 9.17) is 20.6 Å². The molecule has 0 saturated carbocycles. The molecule has 3 N–H and O–H groups in total. The van der Waals surface area contributed by atoms with Crippen molar-refractivity contribution < 1.29 is 19.1 Å². The number of ether oxygens (including phenoxy) is 2. The Morgan fingerprint density at radius 3 is 2.22 bits per heavy atom. The normalized spacial score (nSPS) is 17.2. The van der Waals surface area contributed by atoms with Crippen LogP contribution in [0.1, 0.15) is 24.0 Å². The molecule has 2 atom stereocenters. The van der Waals surface area contributed by atoms with E-state index in [-0.39, 0.29) is 30.2 Å². The summed E-state index contributed by atoms with van der Waals surface area (Å²) in [6.07, 6.45) is 0.602. The van der Waals surface area contributed by atoms with Crippen LogP contribution in [0.25, 0.3) is 11.1 Å². The lowest BCUT2D eigenvalue weighted by molar-refractivity contribution is -0.145. The van der Waals surface area contributed by atoms with Crippen molar-refractivity contribution >= 4 is 33.6 Å². The van der Waals surface area contributed by atoms with Crippen LogP contribution in [0.15, 0.2) is 77.3 Å². The summed E-state index contributed by atoms with van der Waals surface area (Å²) in [5.41, 5.74) is 9.25. The van der Waals surface area contributed by atoms with Crippen LogP contribution in [-0.4, -0.2) is 42.4 Å². The average molecular weight is 550 g/mol. The van der Waals surface area contributed by atoms with Gasteiger partial charge < -0.3 is 20.1 Å². The van der Waals surface area contributed by atoms with Gasteiger partial charge in [-0.15, -0.1) is 0 Å². The van der Waals surface area contributed by atoms with Crippen LogP contribution in [0, 0.1) is 11.3 Å². The molecule has 186 valence electrons. The number of carbonyl (C=O) groups is 2. The van der Waals surface area contributed by atoms with Gasteiger partial charge in [-0.1, -0.05) is 64.5 Å². The molecule has 7 nitrogen and oxygen atoms in total. The summed E-state index contributed by atoms with van der Waals surface area (Å²) in [6, 6.07) is 22.9. The summed E-state index contributed by atoms with van der Waals surface area (Å²) < 4.78 is 11.9. The van der Waals surface area contributed by atoms with Crippen LogP contribution in [0.4, 0.5) is 0 Å². The summed E-state index contributed by atoms with van der Waals surface area (Å²) in [7, 11) is 1.34.